The zero-order valence-electron chi connectivity index (χ0n) is 20.0. The lowest BCUT2D eigenvalue weighted by atomic mass is 9.99. The number of amides is 1. The number of rotatable bonds is 5. The molecule has 0 atom stereocenters. The highest BCUT2D eigenvalue weighted by Crippen LogP contribution is 2.39. The third-order valence-electron chi connectivity index (χ3n) is 6.05. The number of aryl methyl sites for hydroxylation is 2. The van der Waals surface area contributed by atoms with Gasteiger partial charge in [0.2, 0.25) is 0 Å². The molecule has 0 fully saturated rings. The van der Waals surface area contributed by atoms with E-state index in [9.17, 15) is 24.2 Å². The number of carbonyl (C=O) groups is 2. The third-order valence-corrected chi connectivity index (χ3v) is 6.05. The van der Waals surface area contributed by atoms with E-state index in [-0.39, 0.29) is 22.7 Å². The molecule has 0 aliphatic carbocycles. The van der Waals surface area contributed by atoms with Gasteiger partial charge in [-0.2, -0.15) is 5.10 Å². The highest BCUT2D eigenvalue weighted by molar-refractivity contribution is 6.55. The lowest BCUT2D eigenvalue weighted by Crippen LogP contribution is -2.26. The Morgan fingerprint density at radius 3 is 2.38 bits per heavy atom. The maximum absolute atomic E-state index is 14.6. The predicted octanol–water partition coefficient (Wildman–Crippen LogP) is 6.01. The van der Waals surface area contributed by atoms with Crippen LogP contribution < -0.4 is 10.3 Å². The molecule has 0 aromatic heterocycles. The summed E-state index contributed by atoms with van der Waals surface area (Å²) in [5.41, 5.74) is 7.01. The first-order valence-electron chi connectivity index (χ1n) is 11.4. The molecule has 184 valence electrons. The Bertz CT molecular complexity index is 1590. The van der Waals surface area contributed by atoms with Gasteiger partial charge in [-0.3, -0.25) is 15.1 Å². The summed E-state index contributed by atoms with van der Waals surface area (Å²) in [6, 6.07) is 21.0. The van der Waals surface area contributed by atoms with E-state index in [2.05, 4.69) is 10.5 Å². The van der Waals surface area contributed by atoms with Crippen LogP contribution in [0.1, 0.15) is 27.0 Å². The largest absolute Gasteiger partial charge is 0.505 e. The zero-order valence-corrected chi connectivity index (χ0v) is 20.0. The summed E-state index contributed by atoms with van der Waals surface area (Å²) in [5.74, 6) is -2.40. The number of carboxylic acids is 1. The number of carbonyl (C=O) groups excluding carboxylic acids is 1. The molecule has 4 aromatic rings. The highest BCUT2D eigenvalue weighted by atomic mass is 19.1. The van der Waals surface area contributed by atoms with Crippen LogP contribution in [0, 0.1) is 19.7 Å². The number of phenols is 1. The highest BCUT2D eigenvalue weighted by Gasteiger charge is 2.35. The second-order valence-corrected chi connectivity index (χ2v) is 8.81. The summed E-state index contributed by atoms with van der Waals surface area (Å²) in [5, 5.41) is 24.6. The van der Waals surface area contributed by atoms with Crippen LogP contribution in [0.3, 0.4) is 0 Å². The Morgan fingerprint density at radius 1 is 0.919 bits per heavy atom. The number of aromatic carboxylic acids is 1. The summed E-state index contributed by atoms with van der Waals surface area (Å²) in [6.45, 7) is 3.83. The summed E-state index contributed by atoms with van der Waals surface area (Å²) in [4.78, 5) is 26.3. The smallest absolute Gasteiger partial charge is 0.335 e. The molecule has 1 aliphatic rings. The lowest BCUT2D eigenvalue weighted by molar-refractivity contribution is -0.111. The quantitative estimate of drug-likeness (QED) is 0.233. The number of hydrazone groups is 1. The number of anilines is 3. The number of nitrogens with zero attached hydrogens (tertiary/aromatic N) is 2. The number of fused-ring (bicyclic) bond motifs is 1. The van der Waals surface area contributed by atoms with Crippen molar-refractivity contribution < 1.29 is 24.2 Å². The van der Waals surface area contributed by atoms with Crippen molar-refractivity contribution in [2.45, 2.75) is 13.8 Å². The number of aromatic hydroxyl groups is 1. The van der Waals surface area contributed by atoms with Crippen LogP contribution in [0.5, 0.6) is 5.75 Å². The molecule has 8 heteroatoms. The molecule has 0 bridgehead atoms. The molecular formula is C29H22FN3O4. The van der Waals surface area contributed by atoms with Crippen LogP contribution in [0.4, 0.5) is 21.5 Å². The van der Waals surface area contributed by atoms with Crippen LogP contribution in [0.25, 0.3) is 11.1 Å². The molecule has 0 saturated carbocycles. The molecular weight excluding hydrogens is 473 g/mol. The Hall–Kier alpha value is -4.98. The van der Waals surface area contributed by atoms with E-state index in [1.165, 1.54) is 23.1 Å². The van der Waals surface area contributed by atoms with Gasteiger partial charge in [-0.1, -0.05) is 53.6 Å². The number of halogens is 1. The maximum atomic E-state index is 14.6. The minimum absolute atomic E-state index is 0.00161. The molecule has 37 heavy (non-hydrogen) atoms. The predicted molar refractivity (Wildman–Crippen MR) is 140 cm³/mol. The van der Waals surface area contributed by atoms with Crippen molar-refractivity contribution >= 4 is 34.7 Å². The molecule has 0 saturated heterocycles. The number of benzene rings is 4. The minimum atomic E-state index is -1.11. The monoisotopic (exact) mass is 495 g/mol. The molecule has 5 rings (SSSR count). The van der Waals surface area contributed by atoms with Crippen molar-refractivity contribution in [3.8, 4) is 16.9 Å². The fourth-order valence-corrected chi connectivity index (χ4v) is 4.49. The van der Waals surface area contributed by atoms with Gasteiger partial charge in [-0.05, 0) is 49.7 Å². The van der Waals surface area contributed by atoms with E-state index in [0.29, 0.717) is 28.1 Å². The fraction of sp³-hybridized carbons (Fsp3) is 0.0690. The summed E-state index contributed by atoms with van der Waals surface area (Å²) in [7, 11) is 0. The van der Waals surface area contributed by atoms with Gasteiger partial charge in [0.15, 0.2) is 5.71 Å². The van der Waals surface area contributed by atoms with E-state index >= 15 is 0 Å². The van der Waals surface area contributed by atoms with Gasteiger partial charge in [0.1, 0.15) is 17.3 Å². The fourth-order valence-electron chi connectivity index (χ4n) is 4.49. The van der Waals surface area contributed by atoms with Crippen molar-refractivity contribution in [2.75, 3.05) is 10.3 Å². The van der Waals surface area contributed by atoms with E-state index in [1.807, 2.05) is 32.0 Å². The number of hydrogen-bond donors (Lipinski definition) is 3. The van der Waals surface area contributed by atoms with Gasteiger partial charge in [-0.15, -0.1) is 0 Å². The van der Waals surface area contributed by atoms with Crippen LogP contribution in [-0.4, -0.2) is 27.8 Å². The second kappa shape index (κ2) is 9.23. The van der Waals surface area contributed by atoms with E-state index in [0.717, 1.165) is 17.2 Å². The van der Waals surface area contributed by atoms with Gasteiger partial charge in [0, 0.05) is 17.2 Å². The normalized spacial score (nSPS) is 13.6. The topological polar surface area (TPSA) is 102 Å². The van der Waals surface area contributed by atoms with E-state index in [1.54, 1.807) is 36.4 Å². The van der Waals surface area contributed by atoms with Crippen molar-refractivity contribution in [3.63, 3.8) is 0 Å². The average Bonchev–Trinajstić information content (AvgIpc) is 3.14. The third kappa shape index (κ3) is 4.40. The second-order valence-electron chi connectivity index (χ2n) is 8.81. The number of hydrogen-bond acceptors (Lipinski definition) is 5. The average molecular weight is 496 g/mol. The van der Waals surface area contributed by atoms with E-state index < -0.39 is 17.7 Å². The molecule has 0 spiro atoms. The zero-order chi connectivity index (χ0) is 26.3. The summed E-state index contributed by atoms with van der Waals surface area (Å²) >= 11 is 0. The minimum Gasteiger partial charge on any atom is -0.505 e. The van der Waals surface area contributed by atoms with Crippen molar-refractivity contribution in [2.24, 2.45) is 5.10 Å². The Kier molecular flexibility index (Phi) is 5.93. The van der Waals surface area contributed by atoms with Gasteiger partial charge < -0.3 is 10.2 Å². The van der Waals surface area contributed by atoms with Gasteiger partial charge in [-0.25, -0.2) is 9.18 Å². The van der Waals surface area contributed by atoms with E-state index in [4.69, 9.17) is 0 Å². The number of carboxylic acid groups (broad SMARTS) is 1. The molecule has 0 unspecified atom stereocenters. The Morgan fingerprint density at radius 2 is 1.65 bits per heavy atom. The van der Waals surface area contributed by atoms with Gasteiger partial charge in [0.05, 0.1) is 16.9 Å². The molecule has 1 amide bonds. The summed E-state index contributed by atoms with van der Waals surface area (Å²) < 4.78 is 14.6. The van der Waals surface area contributed by atoms with Crippen LogP contribution in [0.15, 0.2) is 84.0 Å². The molecule has 3 N–H and O–H groups in total. The lowest BCUT2D eigenvalue weighted by Gasteiger charge is -2.17. The molecule has 4 aromatic carbocycles. The first-order chi connectivity index (χ1) is 17.7. The van der Waals surface area contributed by atoms with Crippen LogP contribution in [-0.2, 0) is 4.79 Å². The Labute approximate surface area is 212 Å². The maximum Gasteiger partial charge on any atom is 0.335 e. The molecule has 1 aliphatic heterocycles. The SMILES string of the molecule is Cc1cc(C)cc(-c2cc(F)cc(NN=C3C(=O)N(c4cccc(C(=O)O)c4)c4ccccc43)c2O)c1. The number of phenolic OH excluding ortho intramolecular Hbond substituents is 1. The standard InChI is InChI=1S/C29H22FN3O4/c1-16-10-17(2)12-19(11-16)23-14-20(30)15-24(27(23)34)31-32-26-22-8-3-4-9-25(22)33(28(26)35)21-7-5-6-18(13-21)29(36)37/h3-15,31,34H,1-2H3,(H,36,37). The number of nitrogens with one attached hydrogen (secondary N) is 1. The molecule has 1 heterocycles. The van der Waals surface area contributed by atoms with Crippen molar-refractivity contribution in [3.05, 3.63) is 107 Å². The molecule has 0 radical (unpaired) electrons. The summed E-state index contributed by atoms with van der Waals surface area (Å²) in [6.07, 6.45) is 0. The Balaban J connectivity index is 1.55. The number of para-hydroxylation sites is 1. The van der Waals surface area contributed by atoms with Gasteiger partial charge in [0.25, 0.3) is 5.91 Å². The van der Waals surface area contributed by atoms with Gasteiger partial charge >= 0.3 is 5.97 Å². The van der Waals surface area contributed by atoms with Crippen molar-refractivity contribution in [1.82, 2.24) is 0 Å². The van der Waals surface area contributed by atoms with Crippen LogP contribution >= 0.6 is 0 Å². The van der Waals surface area contributed by atoms with Crippen molar-refractivity contribution in [1.29, 1.82) is 0 Å². The first-order valence-corrected chi connectivity index (χ1v) is 11.4. The van der Waals surface area contributed by atoms with Crippen LogP contribution in [0.2, 0.25) is 0 Å². The molecule has 7 nitrogen and oxygen atoms in total. The first kappa shape index (κ1) is 23.7.